The number of nitrogens with one attached hydrogen (secondary N) is 1. The fourth-order valence-electron chi connectivity index (χ4n) is 4.18. The lowest BCUT2D eigenvalue weighted by molar-refractivity contribution is 0.185. The minimum atomic E-state index is 0.407. The van der Waals surface area contributed by atoms with Crippen LogP contribution in [0.1, 0.15) is 16.7 Å². The molecule has 0 radical (unpaired) electrons. The molecule has 0 aliphatic carbocycles. The van der Waals surface area contributed by atoms with Crippen LogP contribution in [-0.2, 0) is 24.4 Å². The van der Waals surface area contributed by atoms with Gasteiger partial charge in [-0.2, -0.15) is 0 Å². The first-order chi connectivity index (χ1) is 16.2. The van der Waals surface area contributed by atoms with Gasteiger partial charge in [0.05, 0.1) is 13.2 Å². The van der Waals surface area contributed by atoms with E-state index in [1.165, 1.54) is 16.8 Å². The fraction of sp³-hybridized carbons (Fsp3) is 0.296. The van der Waals surface area contributed by atoms with E-state index >= 15 is 0 Å². The van der Waals surface area contributed by atoms with Crippen LogP contribution in [0.5, 0.6) is 0 Å². The summed E-state index contributed by atoms with van der Waals surface area (Å²) < 4.78 is 5.27. The van der Waals surface area contributed by atoms with Crippen LogP contribution in [0.25, 0.3) is 0 Å². The van der Waals surface area contributed by atoms with Crippen molar-refractivity contribution in [1.82, 2.24) is 4.90 Å². The van der Waals surface area contributed by atoms with Crippen molar-refractivity contribution in [3.63, 3.8) is 0 Å². The second kappa shape index (κ2) is 11.5. The number of nitrogens with two attached hydrogens (primary N) is 1. The summed E-state index contributed by atoms with van der Waals surface area (Å²) in [6, 6.07) is 27.1. The Morgan fingerprint density at radius 1 is 0.848 bits per heavy atom. The number of benzene rings is 3. The monoisotopic (exact) mass is 443 g/mol. The lowest BCUT2D eigenvalue weighted by Crippen LogP contribution is -2.46. The van der Waals surface area contributed by atoms with Crippen LogP contribution < -0.4 is 16.0 Å². The van der Waals surface area contributed by atoms with Crippen molar-refractivity contribution < 1.29 is 4.74 Å². The standard InChI is InChI=1S/C27H33N5O/c1-33-21-24-11-7-8-14-26(24)30-27(28)29-19-22-9-5-6-10-23(22)20-31-15-17-32(18-16-31)25-12-3-2-4-13-25/h2-14H,15-21H2,1H3,(H3,28,29,30). The van der Waals surface area contributed by atoms with Crippen molar-refractivity contribution in [3.05, 3.63) is 95.6 Å². The molecule has 4 rings (SSSR count). The Bertz CT molecular complexity index is 1050. The zero-order chi connectivity index (χ0) is 22.9. The fourth-order valence-corrected chi connectivity index (χ4v) is 4.18. The molecule has 1 saturated heterocycles. The number of hydrogen-bond donors (Lipinski definition) is 2. The predicted octanol–water partition coefficient (Wildman–Crippen LogP) is 4.08. The van der Waals surface area contributed by atoms with Gasteiger partial charge in [-0.15, -0.1) is 0 Å². The maximum absolute atomic E-state index is 6.21. The first-order valence-electron chi connectivity index (χ1n) is 11.5. The predicted molar refractivity (Wildman–Crippen MR) is 136 cm³/mol. The molecule has 0 atom stereocenters. The number of hydrogen-bond acceptors (Lipinski definition) is 4. The van der Waals surface area contributed by atoms with Gasteiger partial charge in [-0.3, -0.25) is 4.90 Å². The summed E-state index contributed by atoms with van der Waals surface area (Å²) in [5.41, 5.74) is 12.0. The Kier molecular flexibility index (Phi) is 7.95. The van der Waals surface area contributed by atoms with Crippen molar-refractivity contribution in [3.8, 4) is 0 Å². The second-order valence-electron chi connectivity index (χ2n) is 8.28. The largest absolute Gasteiger partial charge is 0.380 e. The Morgan fingerprint density at radius 3 is 2.21 bits per heavy atom. The summed E-state index contributed by atoms with van der Waals surface area (Å²) in [4.78, 5) is 9.59. The van der Waals surface area contributed by atoms with Crippen LogP contribution in [0.4, 0.5) is 11.4 Å². The molecular weight excluding hydrogens is 410 g/mol. The van der Waals surface area contributed by atoms with E-state index in [0.29, 0.717) is 19.1 Å². The Morgan fingerprint density at radius 2 is 1.48 bits per heavy atom. The molecule has 3 aromatic carbocycles. The highest BCUT2D eigenvalue weighted by atomic mass is 16.5. The van der Waals surface area contributed by atoms with Crippen molar-refractivity contribution in [2.24, 2.45) is 10.7 Å². The summed E-state index contributed by atoms with van der Waals surface area (Å²) in [6.45, 7) is 6.18. The lowest BCUT2D eigenvalue weighted by atomic mass is 10.1. The maximum atomic E-state index is 6.21. The minimum Gasteiger partial charge on any atom is -0.380 e. The number of ether oxygens (including phenoxy) is 1. The summed E-state index contributed by atoms with van der Waals surface area (Å²) in [6.07, 6.45) is 0. The van der Waals surface area contributed by atoms with Crippen LogP contribution in [0.2, 0.25) is 0 Å². The van der Waals surface area contributed by atoms with Crippen LogP contribution in [-0.4, -0.2) is 44.1 Å². The van der Waals surface area contributed by atoms with Crippen LogP contribution in [0.15, 0.2) is 83.9 Å². The molecule has 0 spiro atoms. The van der Waals surface area contributed by atoms with E-state index in [9.17, 15) is 0 Å². The van der Waals surface area contributed by atoms with E-state index in [2.05, 4.69) is 74.7 Å². The summed E-state index contributed by atoms with van der Waals surface area (Å²) in [7, 11) is 1.69. The number of aliphatic imine (C=N–C) groups is 1. The van der Waals surface area contributed by atoms with Crippen molar-refractivity contribution in [1.29, 1.82) is 0 Å². The number of guanidine groups is 1. The first kappa shape index (κ1) is 22.8. The molecule has 172 valence electrons. The van der Waals surface area contributed by atoms with Crippen LogP contribution in [0, 0.1) is 0 Å². The normalized spacial score (nSPS) is 14.9. The van der Waals surface area contributed by atoms with Crippen molar-refractivity contribution in [2.45, 2.75) is 19.7 Å². The van der Waals surface area contributed by atoms with Crippen LogP contribution in [0.3, 0.4) is 0 Å². The summed E-state index contributed by atoms with van der Waals surface area (Å²) >= 11 is 0. The third-order valence-corrected chi connectivity index (χ3v) is 6.01. The number of rotatable bonds is 8. The molecule has 0 amide bonds. The Labute approximate surface area is 196 Å². The Balaban J connectivity index is 1.35. The van der Waals surface area contributed by atoms with Gasteiger partial charge in [-0.25, -0.2) is 4.99 Å². The molecule has 6 nitrogen and oxygen atoms in total. The quantitative estimate of drug-likeness (QED) is 0.406. The number of anilines is 2. The van der Waals surface area contributed by atoms with Gasteiger partial charge in [0.2, 0.25) is 0 Å². The molecule has 0 unspecified atom stereocenters. The van der Waals surface area contributed by atoms with E-state index < -0.39 is 0 Å². The smallest absolute Gasteiger partial charge is 0.193 e. The highest BCUT2D eigenvalue weighted by molar-refractivity contribution is 5.92. The van der Waals surface area contributed by atoms with E-state index in [-0.39, 0.29) is 0 Å². The molecule has 0 bridgehead atoms. The molecule has 1 heterocycles. The molecule has 0 aromatic heterocycles. The van der Waals surface area contributed by atoms with E-state index in [4.69, 9.17) is 10.5 Å². The zero-order valence-electron chi connectivity index (χ0n) is 19.3. The topological polar surface area (TPSA) is 66.1 Å². The van der Waals surface area contributed by atoms with Crippen molar-refractivity contribution >= 4 is 17.3 Å². The molecule has 1 fully saturated rings. The molecule has 6 heteroatoms. The van der Waals surface area contributed by atoms with Gasteiger partial charge in [0.25, 0.3) is 0 Å². The van der Waals surface area contributed by atoms with Gasteiger partial charge in [-0.1, -0.05) is 60.7 Å². The highest BCUT2D eigenvalue weighted by Crippen LogP contribution is 2.19. The number of piperazine rings is 1. The van der Waals surface area contributed by atoms with E-state index in [1.807, 2.05) is 24.3 Å². The van der Waals surface area contributed by atoms with Crippen LogP contribution >= 0.6 is 0 Å². The van der Waals surface area contributed by atoms with Gasteiger partial charge in [0, 0.05) is 56.8 Å². The maximum Gasteiger partial charge on any atom is 0.193 e. The minimum absolute atomic E-state index is 0.407. The molecule has 33 heavy (non-hydrogen) atoms. The molecule has 3 N–H and O–H groups in total. The van der Waals surface area contributed by atoms with Gasteiger partial charge in [-0.05, 0) is 29.3 Å². The van der Waals surface area contributed by atoms with E-state index in [0.717, 1.165) is 44.0 Å². The molecular formula is C27H33N5O. The van der Waals surface area contributed by atoms with E-state index in [1.54, 1.807) is 7.11 Å². The first-order valence-corrected chi connectivity index (χ1v) is 11.5. The summed E-state index contributed by atoms with van der Waals surface area (Å²) in [5, 5.41) is 3.22. The third kappa shape index (κ3) is 6.34. The third-order valence-electron chi connectivity index (χ3n) is 6.01. The van der Waals surface area contributed by atoms with Gasteiger partial charge in [0.15, 0.2) is 5.96 Å². The molecule has 1 aliphatic rings. The highest BCUT2D eigenvalue weighted by Gasteiger charge is 2.18. The average molecular weight is 444 g/mol. The van der Waals surface area contributed by atoms with Crippen molar-refractivity contribution in [2.75, 3.05) is 43.5 Å². The number of methoxy groups -OCH3 is 1. The van der Waals surface area contributed by atoms with Gasteiger partial charge < -0.3 is 20.7 Å². The summed E-state index contributed by atoms with van der Waals surface area (Å²) in [5.74, 6) is 0.407. The SMILES string of the molecule is COCc1ccccc1NC(N)=NCc1ccccc1CN1CCN(c2ccccc2)CC1. The lowest BCUT2D eigenvalue weighted by Gasteiger charge is -2.36. The average Bonchev–Trinajstić information content (AvgIpc) is 2.86. The second-order valence-corrected chi connectivity index (χ2v) is 8.28. The zero-order valence-corrected chi connectivity index (χ0v) is 19.3. The van der Waals surface area contributed by atoms with Gasteiger partial charge in [0.1, 0.15) is 0 Å². The number of para-hydroxylation sites is 2. The molecule has 1 aliphatic heterocycles. The van der Waals surface area contributed by atoms with Gasteiger partial charge >= 0.3 is 0 Å². The number of nitrogens with zero attached hydrogens (tertiary/aromatic N) is 3. The molecule has 0 saturated carbocycles. The molecule has 3 aromatic rings. The Hall–Kier alpha value is -3.35.